The van der Waals surface area contributed by atoms with Crippen LogP contribution in [0.25, 0.3) is 0 Å². The minimum atomic E-state index is 0.362. The molecule has 0 radical (unpaired) electrons. The van der Waals surface area contributed by atoms with Crippen molar-refractivity contribution in [3.05, 3.63) is 108 Å². The van der Waals surface area contributed by atoms with E-state index in [0.29, 0.717) is 16.2 Å². The monoisotopic (exact) mass is 365 g/mol. The molecular weight excluding hydrogens is 351 g/mol. The summed E-state index contributed by atoms with van der Waals surface area (Å²) >= 11 is 12.8. The first-order valence-electron chi connectivity index (χ1n) is 7.75. The molecule has 25 heavy (non-hydrogen) atoms. The minimum Gasteiger partial charge on any atom is -0.185 e. The van der Waals surface area contributed by atoms with Crippen LogP contribution in [0, 0.1) is 0 Å². The lowest BCUT2D eigenvalue weighted by molar-refractivity contribution is 1.48. The number of amidine groups is 1. The fourth-order valence-corrected chi connectivity index (χ4v) is 2.62. The van der Waals surface area contributed by atoms with Crippen LogP contribution < -0.4 is 4.67 Å². The van der Waals surface area contributed by atoms with Crippen molar-refractivity contribution < 1.29 is 0 Å². The van der Waals surface area contributed by atoms with Gasteiger partial charge in [-0.2, -0.15) is 4.67 Å². The highest BCUT2D eigenvalue weighted by atomic mass is 35.5. The molecule has 0 amide bonds. The Hall–Kier alpha value is -2.64. The van der Waals surface area contributed by atoms with Crippen molar-refractivity contribution in [2.45, 2.75) is 0 Å². The summed E-state index contributed by atoms with van der Waals surface area (Å²) in [6.07, 6.45) is 0. The van der Waals surface area contributed by atoms with Crippen molar-refractivity contribution in [3.8, 4) is 0 Å². The summed E-state index contributed by atoms with van der Waals surface area (Å²) < 4.78 is 4.51. The summed E-state index contributed by atoms with van der Waals surface area (Å²) in [5.74, 6) is 0.461. The highest BCUT2D eigenvalue weighted by Gasteiger charge is 2.17. The Morgan fingerprint density at radius 2 is 1.04 bits per heavy atom. The summed E-state index contributed by atoms with van der Waals surface area (Å²) in [6, 6.07) is 28.7. The molecule has 0 aliphatic heterocycles. The average molecular weight is 366 g/mol. The molecule has 3 aromatic carbocycles. The molecule has 0 unspecified atom stereocenters. The van der Waals surface area contributed by atoms with Gasteiger partial charge in [0.15, 0.2) is 0 Å². The smallest absolute Gasteiger partial charge is 0.185 e. The second-order valence-electron chi connectivity index (χ2n) is 5.23. The Morgan fingerprint density at radius 1 is 0.600 bits per heavy atom. The molecule has 3 aromatic rings. The van der Waals surface area contributed by atoms with Gasteiger partial charge in [0.2, 0.25) is 0 Å². The molecule has 4 heteroatoms. The van der Waals surface area contributed by atoms with Crippen LogP contribution in [0.15, 0.2) is 96.0 Å². The number of hydrogen-bond donors (Lipinski definition) is 0. The Balaban J connectivity index is 2.13. The Labute approximate surface area is 156 Å². The molecule has 0 heterocycles. The van der Waals surface area contributed by atoms with Crippen LogP contribution in [0.4, 0.5) is 0 Å². The van der Waals surface area contributed by atoms with Crippen molar-refractivity contribution in [3.63, 3.8) is 0 Å². The highest BCUT2D eigenvalue weighted by molar-refractivity contribution is 6.71. The van der Waals surface area contributed by atoms with Gasteiger partial charge in [0.05, 0.1) is 11.1 Å². The van der Waals surface area contributed by atoms with Crippen molar-refractivity contribution in [1.29, 1.82) is 0 Å². The fraction of sp³-hybridized carbons (Fsp3) is 0. The van der Waals surface area contributed by atoms with E-state index in [2.05, 4.69) is 9.66 Å². The van der Waals surface area contributed by atoms with E-state index in [4.69, 9.17) is 23.2 Å². The largest absolute Gasteiger partial charge is 0.425 e. The zero-order chi connectivity index (χ0) is 17.5. The third-order valence-electron chi connectivity index (χ3n) is 3.46. The first kappa shape index (κ1) is 17.2. The zero-order valence-electron chi connectivity index (χ0n) is 13.3. The van der Waals surface area contributed by atoms with Crippen molar-refractivity contribution >= 4 is 39.4 Å². The third kappa shape index (κ3) is 4.68. The number of nitrogens with zero attached hydrogens (tertiary/aromatic N) is 2. The van der Waals surface area contributed by atoms with Crippen LogP contribution in [0.3, 0.4) is 0 Å². The molecule has 122 valence electrons. The number of benzene rings is 3. The predicted molar refractivity (Wildman–Crippen MR) is 108 cm³/mol. The summed E-state index contributed by atoms with van der Waals surface area (Å²) in [5.41, 5.74) is 2.48. The van der Waals surface area contributed by atoms with Crippen LogP contribution in [-0.2, 0) is 0 Å². The van der Waals surface area contributed by atoms with Crippen molar-refractivity contribution in [1.82, 2.24) is 4.67 Å². The van der Waals surface area contributed by atoms with E-state index in [1.165, 1.54) is 0 Å². The van der Waals surface area contributed by atoms with Gasteiger partial charge in [0.25, 0.3) is 5.17 Å². The van der Waals surface area contributed by atoms with Crippen LogP contribution >= 0.6 is 23.2 Å². The Kier molecular flexibility index (Phi) is 5.81. The normalized spacial score (nSPS) is 10.9. The second kappa shape index (κ2) is 8.46. The molecule has 2 nitrogen and oxygen atoms in total. The number of hydrogen-bond acceptors (Lipinski definition) is 0. The highest BCUT2D eigenvalue weighted by Crippen LogP contribution is 2.08. The minimum absolute atomic E-state index is 0.362. The lowest BCUT2D eigenvalue weighted by Gasteiger charge is -1.94. The molecule has 0 atom stereocenters. The zero-order valence-corrected chi connectivity index (χ0v) is 14.8. The van der Waals surface area contributed by atoms with Gasteiger partial charge < -0.3 is 0 Å². The van der Waals surface area contributed by atoms with Gasteiger partial charge in [0.1, 0.15) is 0 Å². The molecule has 0 aliphatic carbocycles. The van der Waals surface area contributed by atoms with Crippen LogP contribution in [0.2, 0.25) is 0 Å². The molecule has 0 aliphatic rings. The lowest BCUT2D eigenvalue weighted by Crippen LogP contribution is -2.08. The van der Waals surface area contributed by atoms with Crippen LogP contribution in [0.5, 0.6) is 0 Å². The Morgan fingerprint density at radius 3 is 1.56 bits per heavy atom. The number of halogens is 2. The Bertz CT molecular complexity index is 927. The summed E-state index contributed by atoms with van der Waals surface area (Å²) in [5, 5.41) is 0.724. The summed E-state index contributed by atoms with van der Waals surface area (Å²) in [6.45, 7) is 0. The molecule has 3 rings (SSSR count). The van der Waals surface area contributed by atoms with Crippen molar-refractivity contribution in [2.24, 2.45) is 4.99 Å². The second-order valence-corrected chi connectivity index (χ2v) is 5.94. The summed E-state index contributed by atoms with van der Waals surface area (Å²) in [4.78, 5) is 4.51. The average Bonchev–Trinajstić information content (AvgIpc) is 2.69. The molecular formula is C21H15Cl2N2+. The van der Waals surface area contributed by atoms with Gasteiger partial charge in [-0.05, 0) is 64.6 Å². The maximum Gasteiger partial charge on any atom is 0.425 e. The first-order valence-corrected chi connectivity index (χ1v) is 8.51. The van der Waals surface area contributed by atoms with E-state index >= 15 is 0 Å². The van der Waals surface area contributed by atoms with E-state index < -0.39 is 0 Å². The molecule has 0 fully saturated rings. The van der Waals surface area contributed by atoms with Crippen LogP contribution in [-0.4, -0.2) is 16.2 Å². The van der Waals surface area contributed by atoms with Crippen molar-refractivity contribution in [2.75, 3.05) is 0 Å². The standard InChI is InChI=1S/C21H15Cl2N2/c22-19(16-10-4-1-5-11-16)24-21(18-14-8-3-9-15-18)25-20(23)17-12-6-2-7-13-17/h1-15H/q+1. The lowest BCUT2D eigenvalue weighted by atomic mass is 10.2. The quantitative estimate of drug-likeness (QED) is 0.359. The van der Waals surface area contributed by atoms with Gasteiger partial charge >= 0.3 is 11.0 Å². The van der Waals surface area contributed by atoms with Gasteiger partial charge in [-0.3, -0.25) is 0 Å². The van der Waals surface area contributed by atoms with Gasteiger partial charge in [-0.1, -0.05) is 54.6 Å². The van der Waals surface area contributed by atoms with Crippen LogP contribution in [0.1, 0.15) is 16.7 Å². The maximum atomic E-state index is 6.40. The van der Waals surface area contributed by atoms with Gasteiger partial charge in [-0.25, -0.2) is 0 Å². The summed E-state index contributed by atoms with van der Waals surface area (Å²) in [7, 11) is 0. The molecule has 0 spiro atoms. The number of aliphatic imine (C=N–C) groups is 1. The predicted octanol–water partition coefficient (Wildman–Crippen LogP) is 4.87. The first-order chi connectivity index (χ1) is 12.2. The van der Waals surface area contributed by atoms with E-state index in [1.54, 1.807) is 0 Å². The molecule has 0 bridgehead atoms. The van der Waals surface area contributed by atoms with E-state index in [1.807, 2.05) is 91.0 Å². The molecule has 0 saturated heterocycles. The van der Waals surface area contributed by atoms with E-state index in [-0.39, 0.29) is 0 Å². The number of rotatable bonds is 3. The molecule has 0 aromatic heterocycles. The maximum absolute atomic E-state index is 6.40. The van der Waals surface area contributed by atoms with Gasteiger partial charge in [-0.15, -0.1) is 0 Å². The third-order valence-corrected chi connectivity index (χ3v) is 4.07. The molecule has 0 N–H and O–H groups in total. The fourth-order valence-electron chi connectivity index (χ4n) is 2.21. The van der Waals surface area contributed by atoms with E-state index in [0.717, 1.165) is 16.7 Å². The van der Waals surface area contributed by atoms with E-state index in [9.17, 15) is 0 Å². The molecule has 0 saturated carbocycles. The topological polar surface area (TPSA) is 26.5 Å². The SMILES string of the molecule is ClC(=NC(=[N+]=C(Cl)c1ccccc1)c1ccccc1)c1ccccc1. The van der Waals surface area contributed by atoms with Gasteiger partial charge in [0, 0.05) is 5.56 Å².